The highest BCUT2D eigenvalue weighted by atomic mass is 16.6. The number of anilines is 1. The number of hydrogen-bond acceptors (Lipinski definition) is 5. The van der Waals surface area contributed by atoms with Crippen LogP contribution in [0, 0.1) is 10.1 Å². The lowest BCUT2D eigenvalue weighted by atomic mass is 9.88. The van der Waals surface area contributed by atoms with Gasteiger partial charge < -0.3 is 10.8 Å². The minimum atomic E-state index is -1.15. The van der Waals surface area contributed by atoms with Crippen LogP contribution in [0.5, 0.6) is 0 Å². The molecule has 0 saturated carbocycles. The van der Waals surface area contributed by atoms with Crippen molar-refractivity contribution in [1.82, 2.24) is 4.98 Å². The molecule has 0 aliphatic heterocycles. The first-order valence-corrected chi connectivity index (χ1v) is 8.57. The van der Waals surface area contributed by atoms with Gasteiger partial charge in [-0.2, -0.15) is 0 Å². The number of nitro groups is 1. The summed E-state index contributed by atoms with van der Waals surface area (Å²) in [5, 5.41) is 22.8. The molecule has 3 rings (SSSR count). The van der Waals surface area contributed by atoms with Gasteiger partial charge >= 0.3 is 0 Å². The fourth-order valence-electron chi connectivity index (χ4n) is 3.23. The summed E-state index contributed by atoms with van der Waals surface area (Å²) in [6.07, 6.45) is 0.931. The molecule has 1 aromatic heterocycles. The molecule has 134 valence electrons. The molecular formula is C20H21N3O3. The number of rotatable bonds is 5. The minimum absolute atomic E-state index is 0.0233. The zero-order valence-corrected chi connectivity index (χ0v) is 14.8. The molecule has 0 spiro atoms. The number of nitro benzene ring substituents is 1. The van der Waals surface area contributed by atoms with Crippen LogP contribution in [0.3, 0.4) is 0 Å². The van der Waals surface area contributed by atoms with Crippen molar-refractivity contribution in [3.8, 4) is 11.1 Å². The SMILES string of the molecule is CCC(O)(CC)c1nc2ccc([N+](=O)[O-])cc2c(-c2ccccc2)c1N. The molecule has 0 aliphatic rings. The lowest BCUT2D eigenvalue weighted by molar-refractivity contribution is -0.384. The van der Waals surface area contributed by atoms with Crippen molar-refractivity contribution >= 4 is 22.3 Å². The molecule has 3 aromatic rings. The number of benzene rings is 2. The van der Waals surface area contributed by atoms with E-state index in [1.807, 2.05) is 44.2 Å². The Bertz CT molecular complexity index is 967. The van der Waals surface area contributed by atoms with Crippen LogP contribution in [0.15, 0.2) is 48.5 Å². The summed E-state index contributed by atoms with van der Waals surface area (Å²) < 4.78 is 0. The predicted molar refractivity (Wildman–Crippen MR) is 103 cm³/mol. The molecule has 1 heterocycles. The van der Waals surface area contributed by atoms with Crippen molar-refractivity contribution in [2.45, 2.75) is 32.3 Å². The lowest BCUT2D eigenvalue weighted by Crippen LogP contribution is -2.27. The highest BCUT2D eigenvalue weighted by Gasteiger charge is 2.31. The maximum Gasteiger partial charge on any atom is 0.270 e. The topological polar surface area (TPSA) is 102 Å². The fourth-order valence-corrected chi connectivity index (χ4v) is 3.23. The van der Waals surface area contributed by atoms with Gasteiger partial charge in [0.05, 0.1) is 21.8 Å². The summed E-state index contributed by atoms with van der Waals surface area (Å²) in [7, 11) is 0. The van der Waals surface area contributed by atoms with Gasteiger partial charge in [-0.05, 0) is 24.5 Å². The number of aliphatic hydroxyl groups is 1. The Kier molecular flexibility index (Phi) is 4.61. The number of nitrogens with two attached hydrogens (primary N) is 1. The van der Waals surface area contributed by atoms with E-state index in [4.69, 9.17) is 5.73 Å². The molecule has 2 aromatic carbocycles. The van der Waals surface area contributed by atoms with Crippen LogP contribution in [0.1, 0.15) is 32.4 Å². The van der Waals surface area contributed by atoms with E-state index in [0.29, 0.717) is 40.7 Å². The molecule has 0 radical (unpaired) electrons. The Labute approximate surface area is 151 Å². The van der Waals surface area contributed by atoms with Crippen LogP contribution in [0.4, 0.5) is 11.4 Å². The van der Waals surface area contributed by atoms with E-state index in [9.17, 15) is 15.2 Å². The maximum absolute atomic E-state index is 11.2. The number of non-ortho nitro benzene ring substituents is 1. The highest BCUT2D eigenvalue weighted by Crippen LogP contribution is 2.41. The third-order valence-electron chi connectivity index (χ3n) is 4.89. The second kappa shape index (κ2) is 6.72. The van der Waals surface area contributed by atoms with Crippen molar-refractivity contribution in [2.24, 2.45) is 0 Å². The van der Waals surface area contributed by atoms with Crippen molar-refractivity contribution in [3.05, 3.63) is 64.3 Å². The standard InChI is InChI=1S/C20H21N3O3/c1-3-20(24,4-2)19-18(21)17(13-8-6-5-7-9-13)15-12-14(23(25)26)10-11-16(15)22-19/h5-12,24H,3-4,21H2,1-2H3. The number of nitrogen functional groups attached to an aromatic ring is 1. The van der Waals surface area contributed by atoms with Crippen LogP contribution in [0.25, 0.3) is 22.0 Å². The molecule has 0 unspecified atom stereocenters. The number of nitrogens with zero attached hydrogens (tertiary/aromatic N) is 2. The van der Waals surface area contributed by atoms with Gasteiger partial charge in [-0.15, -0.1) is 0 Å². The first-order valence-electron chi connectivity index (χ1n) is 8.57. The Balaban J connectivity index is 2.43. The molecule has 0 bridgehead atoms. The van der Waals surface area contributed by atoms with E-state index >= 15 is 0 Å². The summed E-state index contributed by atoms with van der Waals surface area (Å²) in [4.78, 5) is 15.3. The minimum Gasteiger partial charge on any atom is -0.397 e. The average molecular weight is 351 g/mol. The van der Waals surface area contributed by atoms with Crippen molar-refractivity contribution in [2.75, 3.05) is 5.73 Å². The fraction of sp³-hybridized carbons (Fsp3) is 0.250. The van der Waals surface area contributed by atoms with E-state index in [2.05, 4.69) is 4.98 Å². The van der Waals surface area contributed by atoms with Gasteiger partial charge in [-0.25, -0.2) is 4.98 Å². The average Bonchev–Trinajstić information content (AvgIpc) is 2.67. The smallest absolute Gasteiger partial charge is 0.270 e. The largest absolute Gasteiger partial charge is 0.397 e. The molecule has 6 nitrogen and oxygen atoms in total. The number of pyridine rings is 1. The second-order valence-electron chi connectivity index (χ2n) is 6.31. The Morgan fingerprint density at radius 2 is 1.81 bits per heavy atom. The molecule has 26 heavy (non-hydrogen) atoms. The Morgan fingerprint density at radius 1 is 1.15 bits per heavy atom. The molecule has 0 amide bonds. The van der Waals surface area contributed by atoms with Crippen LogP contribution in [-0.2, 0) is 5.60 Å². The van der Waals surface area contributed by atoms with E-state index in [-0.39, 0.29) is 5.69 Å². The molecular weight excluding hydrogens is 330 g/mol. The van der Waals surface area contributed by atoms with Crippen molar-refractivity contribution in [3.63, 3.8) is 0 Å². The van der Waals surface area contributed by atoms with Gasteiger partial charge in [-0.3, -0.25) is 10.1 Å². The molecule has 0 fully saturated rings. The third-order valence-corrected chi connectivity index (χ3v) is 4.89. The third kappa shape index (κ3) is 2.88. The normalized spacial score (nSPS) is 11.7. The molecule has 3 N–H and O–H groups in total. The quantitative estimate of drug-likeness (QED) is 0.524. The molecule has 0 saturated heterocycles. The predicted octanol–water partition coefficient (Wildman–Crippen LogP) is 4.40. The van der Waals surface area contributed by atoms with Crippen LogP contribution in [-0.4, -0.2) is 15.0 Å². The molecule has 0 atom stereocenters. The lowest BCUT2D eigenvalue weighted by Gasteiger charge is -2.27. The first-order chi connectivity index (χ1) is 12.4. The highest BCUT2D eigenvalue weighted by molar-refractivity contribution is 6.02. The van der Waals surface area contributed by atoms with E-state index in [0.717, 1.165) is 5.56 Å². The van der Waals surface area contributed by atoms with Crippen molar-refractivity contribution < 1.29 is 10.0 Å². The van der Waals surface area contributed by atoms with E-state index in [1.54, 1.807) is 6.07 Å². The maximum atomic E-state index is 11.2. The van der Waals surface area contributed by atoms with Gasteiger partial charge in [0.15, 0.2) is 0 Å². The second-order valence-corrected chi connectivity index (χ2v) is 6.31. The Morgan fingerprint density at radius 3 is 2.38 bits per heavy atom. The first kappa shape index (κ1) is 17.8. The van der Waals surface area contributed by atoms with Gasteiger partial charge in [-0.1, -0.05) is 44.2 Å². The molecule has 0 aliphatic carbocycles. The van der Waals surface area contributed by atoms with Gasteiger partial charge in [0.2, 0.25) is 0 Å². The summed E-state index contributed by atoms with van der Waals surface area (Å²) in [5.41, 5.74) is 8.11. The van der Waals surface area contributed by atoms with Crippen molar-refractivity contribution in [1.29, 1.82) is 0 Å². The van der Waals surface area contributed by atoms with Gasteiger partial charge in [0.1, 0.15) is 5.60 Å². The Hall–Kier alpha value is -2.99. The van der Waals surface area contributed by atoms with Crippen LogP contribution in [0.2, 0.25) is 0 Å². The summed E-state index contributed by atoms with van der Waals surface area (Å²) >= 11 is 0. The number of aromatic nitrogens is 1. The zero-order chi connectivity index (χ0) is 18.9. The summed E-state index contributed by atoms with van der Waals surface area (Å²) in [6.45, 7) is 3.76. The number of hydrogen-bond donors (Lipinski definition) is 2. The van der Waals surface area contributed by atoms with Crippen LogP contribution < -0.4 is 5.73 Å². The zero-order valence-electron chi connectivity index (χ0n) is 14.8. The van der Waals surface area contributed by atoms with Gasteiger partial charge in [0, 0.05) is 23.1 Å². The number of fused-ring (bicyclic) bond motifs is 1. The molecule has 6 heteroatoms. The van der Waals surface area contributed by atoms with E-state index in [1.165, 1.54) is 12.1 Å². The van der Waals surface area contributed by atoms with E-state index < -0.39 is 10.5 Å². The monoisotopic (exact) mass is 351 g/mol. The van der Waals surface area contributed by atoms with Crippen LogP contribution >= 0.6 is 0 Å². The van der Waals surface area contributed by atoms with Gasteiger partial charge in [0.25, 0.3) is 5.69 Å². The summed E-state index contributed by atoms with van der Waals surface area (Å²) in [6, 6.07) is 13.9. The summed E-state index contributed by atoms with van der Waals surface area (Å²) in [5.74, 6) is 0.